The van der Waals surface area contributed by atoms with Crippen LogP contribution in [-0.2, 0) is 16.6 Å². The van der Waals surface area contributed by atoms with E-state index in [2.05, 4.69) is 5.10 Å². The van der Waals surface area contributed by atoms with Crippen molar-refractivity contribution in [2.75, 3.05) is 33.1 Å². The van der Waals surface area contributed by atoms with Crippen LogP contribution >= 0.6 is 23.4 Å². The van der Waals surface area contributed by atoms with Gasteiger partial charge in [-0.2, -0.15) is 5.10 Å². The topological polar surface area (TPSA) is 76.9 Å². The average molecular weight is 465 g/mol. The first-order chi connectivity index (χ1) is 14.8. The Morgan fingerprint density at radius 1 is 1.19 bits per heavy atom. The molecule has 166 valence electrons. The summed E-state index contributed by atoms with van der Waals surface area (Å²) in [6, 6.07) is 5.50. The van der Waals surface area contributed by atoms with E-state index in [1.165, 1.54) is 27.9 Å². The number of amides is 2. The summed E-state index contributed by atoms with van der Waals surface area (Å²) in [5, 5.41) is 7.68. The van der Waals surface area contributed by atoms with Gasteiger partial charge in [-0.05, 0) is 37.6 Å². The van der Waals surface area contributed by atoms with Gasteiger partial charge >= 0.3 is 0 Å². The molecule has 1 aromatic carbocycles. The maximum atomic E-state index is 12.8. The van der Waals surface area contributed by atoms with Gasteiger partial charge in [-0.15, -0.1) is 11.8 Å². The minimum atomic E-state index is -0.263. The van der Waals surface area contributed by atoms with E-state index in [9.17, 15) is 9.59 Å². The number of hydrazine groups is 1. The number of benzene rings is 1. The van der Waals surface area contributed by atoms with Gasteiger partial charge in [0.1, 0.15) is 5.15 Å². The minimum absolute atomic E-state index is 0.130. The fourth-order valence-corrected chi connectivity index (χ4v) is 4.33. The quantitative estimate of drug-likeness (QED) is 0.462. The first-order valence-corrected chi connectivity index (χ1v) is 11.1. The van der Waals surface area contributed by atoms with Crippen molar-refractivity contribution in [3.63, 3.8) is 0 Å². The summed E-state index contributed by atoms with van der Waals surface area (Å²) in [5.74, 6) is 1.05. The molecule has 0 atom stereocenters. The fourth-order valence-electron chi connectivity index (χ4n) is 3.30. The minimum Gasteiger partial charge on any atom is -0.493 e. The van der Waals surface area contributed by atoms with Gasteiger partial charge in [0.25, 0.3) is 11.8 Å². The summed E-state index contributed by atoms with van der Waals surface area (Å²) in [4.78, 5) is 26.4. The fraction of sp³-hybridized carbons (Fsp3) is 0.381. The van der Waals surface area contributed by atoms with Gasteiger partial charge in [0.15, 0.2) is 11.5 Å². The molecule has 0 bridgehead atoms. The molecular formula is C21H25ClN4O4S. The highest BCUT2D eigenvalue weighted by molar-refractivity contribution is 8.00. The Labute approximate surface area is 190 Å². The Bertz CT molecular complexity index is 1010. The first-order valence-electron chi connectivity index (χ1n) is 9.69. The van der Waals surface area contributed by atoms with Crippen molar-refractivity contribution < 1.29 is 19.1 Å². The number of methoxy groups -OCH3 is 2. The van der Waals surface area contributed by atoms with E-state index in [0.29, 0.717) is 35.3 Å². The Kier molecular flexibility index (Phi) is 7.50. The van der Waals surface area contributed by atoms with Crippen LogP contribution < -0.4 is 9.47 Å². The smallest absolute Gasteiger partial charge is 0.265 e. The van der Waals surface area contributed by atoms with Crippen LogP contribution in [0.3, 0.4) is 0 Å². The second-order valence-corrected chi connectivity index (χ2v) is 8.29. The van der Waals surface area contributed by atoms with Crippen LogP contribution in [0, 0.1) is 6.92 Å². The van der Waals surface area contributed by atoms with E-state index in [1.807, 2.05) is 19.1 Å². The molecule has 2 aromatic rings. The lowest BCUT2D eigenvalue weighted by Gasteiger charge is -2.26. The third-order valence-corrected chi connectivity index (χ3v) is 6.31. The highest BCUT2D eigenvalue weighted by atomic mass is 35.5. The van der Waals surface area contributed by atoms with Crippen LogP contribution in [0.25, 0.3) is 6.08 Å². The van der Waals surface area contributed by atoms with Crippen LogP contribution in [0.1, 0.15) is 17.7 Å². The third-order valence-electron chi connectivity index (χ3n) is 4.88. The van der Waals surface area contributed by atoms with E-state index in [-0.39, 0.29) is 17.6 Å². The summed E-state index contributed by atoms with van der Waals surface area (Å²) in [7, 11) is 4.88. The molecule has 2 amide bonds. The monoisotopic (exact) mass is 464 g/mol. The van der Waals surface area contributed by atoms with E-state index in [0.717, 1.165) is 17.0 Å². The van der Waals surface area contributed by atoms with Crippen molar-refractivity contribution in [1.29, 1.82) is 0 Å². The second kappa shape index (κ2) is 10.1. The first kappa shape index (κ1) is 23.0. The molecule has 0 unspecified atom stereocenters. The molecular weight excluding hydrogens is 440 g/mol. The number of carbonyl (C=O) groups excluding carboxylic acids is 2. The normalized spacial score (nSPS) is 13.8. The summed E-state index contributed by atoms with van der Waals surface area (Å²) in [6.07, 6.45) is 3.81. The number of nitrogens with zero attached hydrogens (tertiary/aromatic N) is 4. The Morgan fingerprint density at radius 3 is 2.55 bits per heavy atom. The summed E-state index contributed by atoms with van der Waals surface area (Å²) >= 11 is 7.60. The average Bonchev–Trinajstić information content (AvgIpc) is 3.35. The van der Waals surface area contributed by atoms with Crippen molar-refractivity contribution in [3.05, 3.63) is 40.7 Å². The number of hydrogen-bond acceptors (Lipinski definition) is 6. The van der Waals surface area contributed by atoms with Gasteiger partial charge in [0.2, 0.25) is 0 Å². The van der Waals surface area contributed by atoms with Crippen LogP contribution in [0.15, 0.2) is 29.2 Å². The predicted molar refractivity (Wildman–Crippen MR) is 120 cm³/mol. The Hall–Kier alpha value is -2.65. The van der Waals surface area contributed by atoms with Gasteiger partial charge in [-0.3, -0.25) is 19.3 Å². The number of halogens is 1. The third kappa shape index (κ3) is 5.16. The van der Waals surface area contributed by atoms with E-state index >= 15 is 0 Å². The molecule has 0 N–H and O–H groups in total. The molecule has 1 aliphatic heterocycles. The number of aromatic nitrogens is 2. The molecule has 1 aromatic heterocycles. The van der Waals surface area contributed by atoms with Crippen LogP contribution in [0.2, 0.25) is 5.15 Å². The van der Waals surface area contributed by atoms with Crippen LogP contribution in [-0.4, -0.2) is 64.7 Å². The summed E-state index contributed by atoms with van der Waals surface area (Å²) in [6.45, 7) is 2.83. The molecule has 3 rings (SSSR count). The number of carbonyl (C=O) groups is 2. The Balaban J connectivity index is 1.63. The lowest BCUT2D eigenvalue weighted by Crippen LogP contribution is -2.44. The van der Waals surface area contributed by atoms with E-state index in [1.54, 1.807) is 38.1 Å². The van der Waals surface area contributed by atoms with Gasteiger partial charge in [0, 0.05) is 36.7 Å². The second-order valence-electron chi connectivity index (χ2n) is 6.88. The van der Waals surface area contributed by atoms with Crippen LogP contribution in [0.4, 0.5) is 0 Å². The maximum Gasteiger partial charge on any atom is 0.265 e. The largest absolute Gasteiger partial charge is 0.493 e. The lowest BCUT2D eigenvalue weighted by molar-refractivity contribution is -0.152. The molecule has 10 heteroatoms. The van der Waals surface area contributed by atoms with Gasteiger partial charge in [-0.1, -0.05) is 11.6 Å². The molecule has 31 heavy (non-hydrogen) atoms. The van der Waals surface area contributed by atoms with Crippen molar-refractivity contribution >= 4 is 41.3 Å². The van der Waals surface area contributed by atoms with Gasteiger partial charge < -0.3 is 9.47 Å². The van der Waals surface area contributed by atoms with Crippen molar-refractivity contribution in [3.8, 4) is 11.5 Å². The van der Waals surface area contributed by atoms with Crippen molar-refractivity contribution in [2.24, 2.45) is 7.05 Å². The van der Waals surface area contributed by atoms with Crippen molar-refractivity contribution in [2.45, 2.75) is 18.2 Å². The van der Waals surface area contributed by atoms with Crippen molar-refractivity contribution in [1.82, 2.24) is 19.8 Å². The zero-order valence-electron chi connectivity index (χ0n) is 17.9. The number of ether oxygens (including phenoxy) is 2. The molecule has 0 aliphatic carbocycles. The van der Waals surface area contributed by atoms with Gasteiger partial charge in [-0.25, -0.2) is 5.01 Å². The lowest BCUT2D eigenvalue weighted by atomic mass is 10.2. The summed E-state index contributed by atoms with van der Waals surface area (Å²) < 4.78 is 12.1. The van der Waals surface area contributed by atoms with E-state index < -0.39 is 0 Å². The Morgan fingerprint density at radius 2 is 1.90 bits per heavy atom. The van der Waals surface area contributed by atoms with Gasteiger partial charge in [0.05, 0.1) is 25.7 Å². The molecule has 1 saturated heterocycles. The van der Waals surface area contributed by atoms with E-state index in [4.69, 9.17) is 21.1 Å². The maximum absolute atomic E-state index is 12.8. The highest BCUT2D eigenvalue weighted by Crippen LogP contribution is 2.32. The zero-order valence-corrected chi connectivity index (χ0v) is 19.5. The molecule has 1 fully saturated rings. The molecule has 0 spiro atoms. The molecule has 8 nitrogen and oxygen atoms in total. The highest BCUT2D eigenvalue weighted by Gasteiger charge is 2.29. The zero-order chi connectivity index (χ0) is 22.5. The predicted octanol–water partition coefficient (Wildman–Crippen LogP) is 3.18. The molecule has 0 saturated carbocycles. The molecule has 2 heterocycles. The standard InChI is InChI=1S/C21H25ClN4O4S/c1-14-16(21(22)24(2)23-14)7-9-19(27)25-10-5-11-26(25)20(28)13-31-15-6-8-17(29-3)18(12-15)30-4/h6-9,12H,5,10-11,13H2,1-4H3/b9-7+. The molecule has 0 radical (unpaired) electrons. The summed E-state index contributed by atoms with van der Waals surface area (Å²) in [5.41, 5.74) is 1.43. The van der Waals surface area contributed by atoms with Crippen LogP contribution in [0.5, 0.6) is 11.5 Å². The SMILES string of the molecule is COc1ccc(SCC(=O)N2CCCN2C(=O)/C=C/c2c(C)nn(C)c2Cl)cc1OC. The number of thioether (sulfide) groups is 1. The number of hydrogen-bond donors (Lipinski definition) is 0. The number of rotatable bonds is 7. The molecule has 1 aliphatic rings. The number of aryl methyl sites for hydroxylation is 2.